The zero-order valence-corrected chi connectivity index (χ0v) is 12.3. The van der Waals surface area contributed by atoms with E-state index in [9.17, 15) is 9.59 Å². The lowest BCUT2D eigenvalue weighted by molar-refractivity contribution is -0.127. The molecule has 0 aliphatic carbocycles. The number of amides is 2. The van der Waals surface area contributed by atoms with Crippen LogP contribution in [0.2, 0.25) is 0 Å². The van der Waals surface area contributed by atoms with Gasteiger partial charge in [0.2, 0.25) is 5.91 Å². The second kappa shape index (κ2) is 6.19. The maximum absolute atomic E-state index is 11.9. The molecule has 1 fully saturated rings. The quantitative estimate of drug-likeness (QED) is 0.840. The number of carbonyl (C=O) groups is 2. The molecule has 4 nitrogen and oxygen atoms in total. The lowest BCUT2D eigenvalue weighted by atomic mass is 10.3. The van der Waals surface area contributed by atoms with E-state index in [-0.39, 0.29) is 11.8 Å². The summed E-state index contributed by atoms with van der Waals surface area (Å²) in [6.45, 7) is 6.29. The molecular formula is C14H20N2O2S. The van der Waals surface area contributed by atoms with Crippen LogP contribution >= 0.6 is 11.3 Å². The predicted octanol–water partition coefficient (Wildman–Crippen LogP) is 2.11. The second-order valence-corrected chi connectivity index (χ2v) is 6.20. The summed E-state index contributed by atoms with van der Waals surface area (Å²) < 4.78 is 0. The van der Waals surface area contributed by atoms with Crippen molar-refractivity contribution in [1.82, 2.24) is 10.2 Å². The van der Waals surface area contributed by atoms with Gasteiger partial charge in [-0.3, -0.25) is 9.59 Å². The molecule has 2 amide bonds. The number of thiophene rings is 1. The summed E-state index contributed by atoms with van der Waals surface area (Å²) in [5.74, 6) is 0.241. The van der Waals surface area contributed by atoms with Crippen LogP contribution < -0.4 is 5.32 Å². The minimum absolute atomic E-state index is 0.00560. The van der Waals surface area contributed by atoms with E-state index in [1.807, 2.05) is 24.8 Å². The SMILES string of the molecule is Cc1cc(C(=O)NCCCN2CCCC2=O)sc1C. The van der Waals surface area contributed by atoms with Gasteiger partial charge < -0.3 is 10.2 Å². The van der Waals surface area contributed by atoms with Crippen LogP contribution in [0.15, 0.2) is 6.07 Å². The normalized spacial score (nSPS) is 15.1. The van der Waals surface area contributed by atoms with E-state index in [4.69, 9.17) is 0 Å². The van der Waals surface area contributed by atoms with Gasteiger partial charge in [0.1, 0.15) is 0 Å². The minimum Gasteiger partial charge on any atom is -0.351 e. The molecule has 0 unspecified atom stereocenters. The summed E-state index contributed by atoms with van der Waals surface area (Å²) in [5, 5.41) is 2.91. The molecule has 104 valence electrons. The first-order chi connectivity index (χ1) is 9.08. The highest BCUT2D eigenvalue weighted by Gasteiger charge is 2.19. The van der Waals surface area contributed by atoms with E-state index in [1.54, 1.807) is 0 Å². The first-order valence-corrected chi connectivity index (χ1v) is 7.52. The Morgan fingerprint density at radius 3 is 2.84 bits per heavy atom. The van der Waals surface area contributed by atoms with E-state index in [1.165, 1.54) is 16.2 Å². The highest BCUT2D eigenvalue weighted by molar-refractivity contribution is 7.14. The number of hydrogen-bond donors (Lipinski definition) is 1. The standard InChI is InChI=1S/C14H20N2O2S/c1-10-9-12(19-11(10)2)14(18)15-6-4-8-16-7-3-5-13(16)17/h9H,3-8H2,1-2H3,(H,15,18). The Bertz CT molecular complexity index is 462. The minimum atomic E-state index is -0.00560. The first kappa shape index (κ1) is 14.1. The van der Waals surface area contributed by atoms with Crippen LogP contribution in [0, 0.1) is 13.8 Å². The smallest absolute Gasteiger partial charge is 0.261 e. The van der Waals surface area contributed by atoms with Gasteiger partial charge in [0.15, 0.2) is 0 Å². The summed E-state index contributed by atoms with van der Waals surface area (Å²) in [5.41, 5.74) is 1.16. The summed E-state index contributed by atoms with van der Waals surface area (Å²) in [6, 6.07) is 1.93. The average Bonchev–Trinajstić information content (AvgIpc) is 2.92. The fourth-order valence-electron chi connectivity index (χ4n) is 2.18. The van der Waals surface area contributed by atoms with E-state index in [0.29, 0.717) is 13.0 Å². The second-order valence-electron chi connectivity index (χ2n) is 4.94. The lowest BCUT2D eigenvalue weighted by Gasteiger charge is -2.15. The Labute approximate surface area is 117 Å². The number of carbonyl (C=O) groups excluding carboxylic acids is 2. The van der Waals surface area contributed by atoms with Crippen LogP contribution in [-0.2, 0) is 4.79 Å². The molecule has 2 rings (SSSR count). The topological polar surface area (TPSA) is 49.4 Å². The molecule has 1 N–H and O–H groups in total. The van der Waals surface area contributed by atoms with Gasteiger partial charge in [-0.05, 0) is 38.3 Å². The molecule has 0 aromatic carbocycles. The highest BCUT2D eigenvalue weighted by atomic mass is 32.1. The van der Waals surface area contributed by atoms with Crippen LogP contribution in [0.3, 0.4) is 0 Å². The number of nitrogens with one attached hydrogen (secondary N) is 1. The van der Waals surface area contributed by atoms with Crippen molar-refractivity contribution in [2.75, 3.05) is 19.6 Å². The molecular weight excluding hydrogens is 260 g/mol. The monoisotopic (exact) mass is 280 g/mol. The van der Waals surface area contributed by atoms with Gasteiger partial charge in [0, 0.05) is 30.9 Å². The summed E-state index contributed by atoms with van der Waals surface area (Å²) in [7, 11) is 0. The van der Waals surface area contributed by atoms with Crippen LogP contribution in [0.5, 0.6) is 0 Å². The predicted molar refractivity (Wildman–Crippen MR) is 76.6 cm³/mol. The molecule has 0 saturated carbocycles. The van der Waals surface area contributed by atoms with Gasteiger partial charge in [0.25, 0.3) is 5.91 Å². The zero-order chi connectivity index (χ0) is 13.8. The summed E-state index contributed by atoms with van der Waals surface area (Å²) >= 11 is 1.53. The van der Waals surface area contributed by atoms with Gasteiger partial charge >= 0.3 is 0 Å². The van der Waals surface area contributed by atoms with Crippen molar-refractivity contribution in [2.24, 2.45) is 0 Å². The van der Waals surface area contributed by atoms with Crippen molar-refractivity contribution in [1.29, 1.82) is 0 Å². The third kappa shape index (κ3) is 3.56. The van der Waals surface area contributed by atoms with Gasteiger partial charge in [-0.15, -0.1) is 11.3 Å². The molecule has 2 heterocycles. The molecule has 0 atom stereocenters. The van der Waals surface area contributed by atoms with Gasteiger partial charge in [-0.2, -0.15) is 0 Å². The molecule has 1 saturated heterocycles. The van der Waals surface area contributed by atoms with Crippen molar-refractivity contribution in [3.05, 3.63) is 21.4 Å². The maximum atomic E-state index is 11.9. The average molecular weight is 280 g/mol. The van der Waals surface area contributed by atoms with Crippen LogP contribution in [0.25, 0.3) is 0 Å². The Balaban J connectivity index is 1.70. The van der Waals surface area contributed by atoms with Crippen molar-refractivity contribution in [3.63, 3.8) is 0 Å². The van der Waals surface area contributed by atoms with Gasteiger partial charge in [-0.25, -0.2) is 0 Å². The first-order valence-electron chi connectivity index (χ1n) is 6.71. The molecule has 5 heteroatoms. The summed E-state index contributed by atoms with van der Waals surface area (Å²) in [6.07, 6.45) is 2.47. The molecule has 1 aliphatic heterocycles. The molecule has 1 aromatic rings. The molecule has 0 radical (unpaired) electrons. The van der Waals surface area contributed by atoms with Crippen molar-refractivity contribution < 1.29 is 9.59 Å². The third-order valence-corrected chi connectivity index (χ3v) is 4.60. The number of likely N-dealkylation sites (tertiary alicyclic amines) is 1. The number of hydrogen-bond acceptors (Lipinski definition) is 3. The molecule has 1 aliphatic rings. The lowest BCUT2D eigenvalue weighted by Crippen LogP contribution is -2.30. The zero-order valence-electron chi connectivity index (χ0n) is 11.5. The molecule has 0 spiro atoms. The van der Waals surface area contributed by atoms with E-state index >= 15 is 0 Å². The summed E-state index contributed by atoms with van der Waals surface area (Å²) in [4.78, 5) is 27.1. The van der Waals surface area contributed by atoms with Gasteiger partial charge in [0.05, 0.1) is 4.88 Å². The van der Waals surface area contributed by atoms with E-state index in [0.717, 1.165) is 36.4 Å². The van der Waals surface area contributed by atoms with Crippen molar-refractivity contribution in [2.45, 2.75) is 33.1 Å². The third-order valence-electron chi connectivity index (χ3n) is 3.45. The Kier molecular flexibility index (Phi) is 4.58. The Morgan fingerprint density at radius 1 is 1.47 bits per heavy atom. The van der Waals surface area contributed by atoms with Crippen LogP contribution in [0.4, 0.5) is 0 Å². The van der Waals surface area contributed by atoms with Crippen molar-refractivity contribution >= 4 is 23.2 Å². The van der Waals surface area contributed by atoms with E-state index in [2.05, 4.69) is 5.32 Å². The van der Waals surface area contributed by atoms with E-state index < -0.39 is 0 Å². The van der Waals surface area contributed by atoms with Crippen LogP contribution in [-0.4, -0.2) is 36.3 Å². The number of nitrogens with zero attached hydrogens (tertiary/aromatic N) is 1. The molecule has 19 heavy (non-hydrogen) atoms. The fraction of sp³-hybridized carbons (Fsp3) is 0.571. The Morgan fingerprint density at radius 2 is 2.26 bits per heavy atom. The molecule has 0 bridgehead atoms. The maximum Gasteiger partial charge on any atom is 0.261 e. The number of aryl methyl sites for hydroxylation is 2. The van der Waals surface area contributed by atoms with Gasteiger partial charge in [-0.1, -0.05) is 0 Å². The molecule has 1 aromatic heterocycles. The Hall–Kier alpha value is -1.36. The fourth-order valence-corrected chi connectivity index (χ4v) is 3.13. The number of rotatable bonds is 5. The highest BCUT2D eigenvalue weighted by Crippen LogP contribution is 2.20. The van der Waals surface area contributed by atoms with Crippen LogP contribution in [0.1, 0.15) is 39.4 Å². The van der Waals surface area contributed by atoms with Crippen molar-refractivity contribution in [3.8, 4) is 0 Å². The largest absolute Gasteiger partial charge is 0.351 e.